The fourth-order valence-electron chi connectivity index (χ4n) is 10.7. The Balaban J connectivity index is 1.13. The first-order valence-electron chi connectivity index (χ1n) is 24.1. The molecule has 0 saturated heterocycles. The fraction of sp³-hybridized carbons (Fsp3) is 0.0909. The topological polar surface area (TPSA) is 6.48 Å². The van der Waals surface area contributed by atoms with Crippen molar-refractivity contribution in [3.05, 3.63) is 270 Å². The maximum atomic E-state index is 2.49. The van der Waals surface area contributed by atoms with E-state index in [1.165, 1.54) is 83.1 Å². The third-order valence-corrected chi connectivity index (χ3v) is 13.5. The Morgan fingerprint density at radius 3 is 0.971 bits per heavy atom. The van der Waals surface area contributed by atoms with Gasteiger partial charge in [-0.1, -0.05) is 214 Å². The van der Waals surface area contributed by atoms with Crippen molar-refractivity contribution in [3.63, 3.8) is 0 Å². The average molecular weight is 889 g/mol. The molecular formula is C66H57BN2. The summed E-state index contributed by atoms with van der Waals surface area (Å²) in [6.45, 7) is 13.6. The summed E-state index contributed by atoms with van der Waals surface area (Å²) in [6, 6.07) is 86.4. The predicted molar refractivity (Wildman–Crippen MR) is 298 cm³/mol. The minimum absolute atomic E-state index is 0.0206. The van der Waals surface area contributed by atoms with Crippen LogP contribution >= 0.6 is 0 Å². The van der Waals surface area contributed by atoms with Gasteiger partial charge in [0.1, 0.15) is 0 Å². The molecule has 0 amide bonds. The second-order valence-electron chi connectivity index (χ2n) is 18.6. The Hall–Kier alpha value is -8.14. The Kier molecular flexibility index (Phi) is 12.7. The van der Waals surface area contributed by atoms with Crippen molar-refractivity contribution in [2.75, 3.05) is 9.80 Å². The highest BCUT2D eigenvalue weighted by Gasteiger charge is 2.31. The van der Waals surface area contributed by atoms with Crippen molar-refractivity contribution in [1.82, 2.24) is 0 Å². The molecule has 10 aromatic rings. The number of anilines is 6. The van der Waals surface area contributed by atoms with Crippen LogP contribution in [0.1, 0.15) is 33.4 Å². The van der Waals surface area contributed by atoms with E-state index in [1.54, 1.807) is 0 Å². The minimum atomic E-state index is -0.0206. The highest BCUT2D eigenvalue weighted by Crippen LogP contribution is 2.39. The van der Waals surface area contributed by atoms with Gasteiger partial charge in [-0.15, -0.1) is 0 Å². The molecule has 334 valence electrons. The van der Waals surface area contributed by atoms with Crippen molar-refractivity contribution >= 4 is 57.2 Å². The van der Waals surface area contributed by atoms with Gasteiger partial charge >= 0.3 is 0 Å². The number of hydrogen-bond donors (Lipinski definition) is 0. The predicted octanol–water partition coefficient (Wildman–Crippen LogP) is 16.0. The van der Waals surface area contributed by atoms with Gasteiger partial charge in [0.25, 0.3) is 0 Å². The number of para-hydroxylation sites is 4. The molecule has 10 rings (SSSR count). The Bertz CT molecular complexity index is 3200. The molecule has 0 bridgehead atoms. The van der Waals surface area contributed by atoms with Gasteiger partial charge < -0.3 is 9.80 Å². The summed E-state index contributed by atoms with van der Waals surface area (Å²) in [6.07, 6.45) is 0. The van der Waals surface area contributed by atoms with Crippen molar-refractivity contribution < 1.29 is 0 Å². The van der Waals surface area contributed by atoms with Crippen LogP contribution in [0.5, 0.6) is 0 Å². The number of nitrogens with zero attached hydrogens (tertiary/aromatic N) is 2. The molecule has 0 aliphatic heterocycles. The van der Waals surface area contributed by atoms with E-state index >= 15 is 0 Å². The van der Waals surface area contributed by atoms with E-state index in [4.69, 9.17) is 0 Å². The van der Waals surface area contributed by atoms with Crippen molar-refractivity contribution in [3.8, 4) is 33.4 Å². The van der Waals surface area contributed by atoms with Crippen molar-refractivity contribution in [2.45, 2.75) is 41.5 Å². The van der Waals surface area contributed by atoms with Gasteiger partial charge in [0.15, 0.2) is 0 Å². The van der Waals surface area contributed by atoms with Crippen LogP contribution in [0.25, 0.3) is 33.4 Å². The smallest absolute Gasteiger partial charge is 0.243 e. The van der Waals surface area contributed by atoms with Crippen LogP contribution in [-0.2, 0) is 0 Å². The highest BCUT2D eigenvalue weighted by atomic mass is 15.1. The van der Waals surface area contributed by atoms with Crippen molar-refractivity contribution in [1.29, 1.82) is 0 Å². The average Bonchev–Trinajstić information content (AvgIpc) is 3.37. The summed E-state index contributed by atoms with van der Waals surface area (Å²) >= 11 is 0. The normalized spacial score (nSPS) is 11.0. The van der Waals surface area contributed by atoms with Crippen LogP contribution in [0.15, 0.2) is 237 Å². The lowest BCUT2D eigenvalue weighted by atomic mass is 9.33. The van der Waals surface area contributed by atoms with Gasteiger partial charge in [-0.05, 0) is 148 Å². The first-order valence-corrected chi connectivity index (χ1v) is 24.1. The molecular weight excluding hydrogens is 832 g/mol. The van der Waals surface area contributed by atoms with Crippen LogP contribution in [0.3, 0.4) is 0 Å². The standard InChI is InChI=1S/C66H57BN2/c1-46-39-48(3)65(49(4)40-46)67(66-50(5)41-47(2)42-51(66)6)64-45-56(55-22-20-32-62(44-55)69(59-27-15-9-16-28-59)60-29-17-10-18-30-60)37-38-63(64)53-35-33-52(34-36-53)54-21-19-31-61(43-54)68(57-23-11-7-12-24-57)58-25-13-8-14-26-58/h7-45H,1-6H3. The molecule has 69 heavy (non-hydrogen) atoms. The lowest BCUT2D eigenvalue weighted by Crippen LogP contribution is -2.56. The zero-order chi connectivity index (χ0) is 47.4. The molecule has 0 N–H and O–H groups in total. The van der Waals surface area contributed by atoms with E-state index in [0.717, 1.165) is 34.1 Å². The van der Waals surface area contributed by atoms with Gasteiger partial charge in [-0.25, -0.2) is 0 Å². The molecule has 0 aliphatic rings. The van der Waals surface area contributed by atoms with Crippen LogP contribution in [0, 0.1) is 41.5 Å². The summed E-state index contributed by atoms with van der Waals surface area (Å²) in [5.74, 6) is 0. The van der Waals surface area contributed by atoms with E-state index < -0.39 is 0 Å². The highest BCUT2D eigenvalue weighted by molar-refractivity contribution is 6.97. The molecule has 2 nitrogen and oxygen atoms in total. The molecule has 0 atom stereocenters. The van der Waals surface area contributed by atoms with E-state index in [1.807, 2.05) is 0 Å². The summed E-state index contributed by atoms with van der Waals surface area (Å²) in [7, 11) is 0. The Morgan fingerprint density at radius 1 is 0.261 bits per heavy atom. The second kappa shape index (κ2) is 19.6. The molecule has 3 heteroatoms. The summed E-state index contributed by atoms with van der Waals surface area (Å²) in [5, 5.41) is 0. The molecule has 0 aliphatic carbocycles. The number of hydrogen-bond acceptors (Lipinski definition) is 2. The van der Waals surface area contributed by atoms with Crippen molar-refractivity contribution in [2.24, 2.45) is 0 Å². The monoisotopic (exact) mass is 888 g/mol. The maximum Gasteiger partial charge on any atom is 0.243 e. The number of rotatable bonds is 12. The first-order chi connectivity index (χ1) is 33.7. The largest absolute Gasteiger partial charge is 0.310 e. The van der Waals surface area contributed by atoms with E-state index in [9.17, 15) is 0 Å². The van der Waals surface area contributed by atoms with Gasteiger partial charge in [0.2, 0.25) is 6.71 Å². The molecule has 0 saturated carbocycles. The molecule has 0 radical (unpaired) electrons. The third-order valence-electron chi connectivity index (χ3n) is 13.5. The summed E-state index contributed by atoms with van der Waals surface area (Å²) < 4.78 is 0. The minimum Gasteiger partial charge on any atom is -0.310 e. The van der Waals surface area contributed by atoms with Gasteiger partial charge in [-0.2, -0.15) is 0 Å². The molecule has 0 heterocycles. The van der Waals surface area contributed by atoms with Gasteiger partial charge in [-0.3, -0.25) is 0 Å². The second-order valence-corrected chi connectivity index (χ2v) is 18.6. The SMILES string of the molecule is Cc1cc(C)c(B(c2cc(-c3cccc(N(c4ccccc4)c4ccccc4)c3)ccc2-c2ccc(-c3cccc(N(c4ccccc4)c4ccccc4)c3)cc2)c2c(C)cc(C)cc2C)c(C)c1. The van der Waals surface area contributed by atoms with Crippen LogP contribution in [0.2, 0.25) is 0 Å². The molecule has 0 unspecified atom stereocenters. The van der Waals surface area contributed by atoms with Gasteiger partial charge in [0.05, 0.1) is 0 Å². The molecule has 10 aromatic carbocycles. The molecule has 0 aromatic heterocycles. The van der Waals surface area contributed by atoms with Crippen LogP contribution in [-0.4, -0.2) is 6.71 Å². The van der Waals surface area contributed by atoms with E-state index in [0.29, 0.717) is 0 Å². The maximum absolute atomic E-state index is 2.49. The third kappa shape index (κ3) is 9.29. The van der Waals surface area contributed by atoms with Crippen LogP contribution in [0.4, 0.5) is 34.1 Å². The van der Waals surface area contributed by atoms with E-state index in [2.05, 4.69) is 288 Å². The lowest BCUT2D eigenvalue weighted by molar-refractivity contribution is 1.28. The zero-order valence-corrected chi connectivity index (χ0v) is 40.5. The lowest BCUT2D eigenvalue weighted by Gasteiger charge is -2.27. The summed E-state index contributed by atoms with van der Waals surface area (Å²) in [4.78, 5) is 4.67. The number of aryl methyl sites for hydroxylation is 6. The fourth-order valence-corrected chi connectivity index (χ4v) is 10.7. The zero-order valence-electron chi connectivity index (χ0n) is 40.5. The Labute approximate surface area is 409 Å². The first kappa shape index (κ1) is 44.7. The molecule has 0 spiro atoms. The summed E-state index contributed by atoms with van der Waals surface area (Å²) in [5.41, 5.74) is 25.7. The Morgan fingerprint density at radius 2 is 0.580 bits per heavy atom. The molecule has 0 fully saturated rings. The van der Waals surface area contributed by atoms with E-state index in [-0.39, 0.29) is 6.71 Å². The quantitative estimate of drug-likeness (QED) is 0.113. The number of benzene rings is 10. The van der Waals surface area contributed by atoms with Gasteiger partial charge in [0, 0.05) is 34.1 Å². The van der Waals surface area contributed by atoms with Crippen LogP contribution < -0.4 is 26.2 Å².